The number of aromatic nitrogens is 2. The van der Waals surface area contributed by atoms with E-state index < -0.39 is 11.8 Å². The van der Waals surface area contributed by atoms with Gasteiger partial charge < -0.3 is 9.84 Å². The van der Waals surface area contributed by atoms with E-state index in [4.69, 9.17) is 4.74 Å². The zero-order chi connectivity index (χ0) is 19.4. The standard InChI is InChI=1S/C21H17FN2O3/c1-13-11-14(2)24-21(23-13)27-19(20(25)26)18(15-7-4-3-5-8-15)16-9-6-10-17(22)12-16/h3-12H,1-2H3,(H,25,26)/b19-18+. The van der Waals surface area contributed by atoms with Crippen LogP contribution in [0.5, 0.6) is 6.01 Å². The largest absolute Gasteiger partial charge is 0.475 e. The third-order valence-electron chi connectivity index (χ3n) is 3.75. The minimum Gasteiger partial charge on any atom is -0.475 e. The molecule has 0 aliphatic rings. The van der Waals surface area contributed by atoms with Crippen molar-refractivity contribution in [1.29, 1.82) is 0 Å². The van der Waals surface area contributed by atoms with Gasteiger partial charge in [0.25, 0.3) is 0 Å². The summed E-state index contributed by atoms with van der Waals surface area (Å²) >= 11 is 0. The smallest absolute Gasteiger partial charge is 0.372 e. The number of carbonyl (C=O) groups is 1. The van der Waals surface area contributed by atoms with E-state index in [1.165, 1.54) is 18.2 Å². The minimum absolute atomic E-state index is 0.0743. The summed E-state index contributed by atoms with van der Waals surface area (Å²) in [6.45, 7) is 3.52. The third kappa shape index (κ3) is 4.36. The molecule has 0 saturated heterocycles. The van der Waals surface area contributed by atoms with Crippen LogP contribution >= 0.6 is 0 Å². The summed E-state index contributed by atoms with van der Waals surface area (Å²) in [6.07, 6.45) is 0. The molecule has 27 heavy (non-hydrogen) atoms. The van der Waals surface area contributed by atoms with Gasteiger partial charge in [0.2, 0.25) is 5.76 Å². The van der Waals surface area contributed by atoms with Crippen molar-refractivity contribution in [3.05, 3.63) is 94.8 Å². The Morgan fingerprint density at radius 2 is 1.56 bits per heavy atom. The number of ether oxygens (including phenoxy) is 1. The predicted molar refractivity (Wildman–Crippen MR) is 98.6 cm³/mol. The van der Waals surface area contributed by atoms with Crippen molar-refractivity contribution < 1.29 is 19.0 Å². The highest BCUT2D eigenvalue weighted by Crippen LogP contribution is 2.29. The molecule has 0 saturated carbocycles. The Balaban J connectivity index is 2.23. The Kier molecular flexibility index (Phi) is 5.26. The quantitative estimate of drug-likeness (QED) is 0.544. The molecule has 2 aromatic carbocycles. The monoisotopic (exact) mass is 364 g/mol. The SMILES string of the molecule is Cc1cc(C)nc(O/C(C(=O)O)=C(\c2ccccc2)c2cccc(F)c2)n1. The lowest BCUT2D eigenvalue weighted by molar-refractivity contribution is -0.135. The molecule has 1 aromatic heterocycles. The number of rotatable bonds is 5. The van der Waals surface area contributed by atoms with Crippen LogP contribution in [0.1, 0.15) is 22.5 Å². The van der Waals surface area contributed by atoms with Gasteiger partial charge in [-0.05, 0) is 43.2 Å². The molecule has 0 fully saturated rings. The maximum atomic E-state index is 13.8. The summed E-state index contributed by atoms with van der Waals surface area (Å²) in [5.41, 5.74) is 2.49. The molecule has 0 unspecified atom stereocenters. The van der Waals surface area contributed by atoms with Gasteiger partial charge in [-0.25, -0.2) is 19.2 Å². The summed E-state index contributed by atoms with van der Waals surface area (Å²) in [7, 11) is 0. The highest BCUT2D eigenvalue weighted by Gasteiger charge is 2.22. The summed E-state index contributed by atoms with van der Waals surface area (Å²) in [5.74, 6) is -2.16. The summed E-state index contributed by atoms with van der Waals surface area (Å²) < 4.78 is 19.4. The molecule has 1 N–H and O–H groups in total. The summed E-state index contributed by atoms with van der Waals surface area (Å²) in [5, 5.41) is 9.80. The van der Waals surface area contributed by atoms with Crippen LogP contribution in [0.4, 0.5) is 4.39 Å². The van der Waals surface area contributed by atoms with Crippen molar-refractivity contribution in [2.24, 2.45) is 0 Å². The van der Waals surface area contributed by atoms with Crippen molar-refractivity contribution >= 4 is 11.5 Å². The van der Waals surface area contributed by atoms with E-state index in [-0.39, 0.29) is 17.3 Å². The van der Waals surface area contributed by atoms with E-state index in [1.807, 2.05) is 0 Å². The van der Waals surface area contributed by atoms with Gasteiger partial charge in [0.15, 0.2) is 0 Å². The molecule has 0 atom stereocenters. The Morgan fingerprint density at radius 1 is 0.926 bits per heavy atom. The normalized spacial score (nSPS) is 11.7. The Hall–Kier alpha value is -3.54. The van der Waals surface area contributed by atoms with E-state index in [1.54, 1.807) is 56.3 Å². The molecule has 5 nitrogen and oxygen atoms in total. The van der Waals surface area contributed by atoms with Crippen LogP contribution in [0.2, 0.25) is 0 Å². The topological polar surface area (TPSA) is 72.3 Å². The summed E-state index contributed by atoms with van der Waals surface area (Å²) in [6, 6.07) is 16.2. The number of aliphatic carboxylic acids is 1. The fourth-order valence-corrected chi connectivity index (χ4v) is 2.71. The first-order valence-corrected chi connectivity index (χ1v) is 8.23. The first-order valence-electron chi connectivity index (χ1n) is 8.23. The number of nitrogens with zero attached hydrogens (tertiary/aromatic N) is 2. The Labute approximate surface area is 155 Å². The zero-order valence-corrected chi connectivity index (χ0v) is 14.8. The average molecular weight is 364 g/mol. The highest BCUT2D eigenvalue weighted by atomic mass is 19.1. The van der Waals surface area contributed by atoms with Crippen molar-refractivity contribution in [3.8, 4) is 6.01 Å². The number of halogens is 1. The molecule has 1 heterocycles. The molecule has 0 aliphatic heterocycles. The first kappa shape index (κ1) is 18.3. The molecule has 6 heteroatoms. The average Bonchev–Trinajstić information content (AvgIpc) is 2.61. The number of benzene rings is 2. The van der Waals surface area contributed by atoms with Crippen LogP contribution in [-0.4, -0.2) is 21.0 Å². The lowest BCUT2D eigenvalue weighted by atomic mass is 9.96. The maximum Gasteiger partial charge on any atom is 0.372 e. The fraction of sp³-hybridized carbons (Fsp3) is 0.0952. The van der Waals surface area contributed by atoms with Gasteiger partial charge in [0.05, 0.1) is 0 Å². The van der Waals surface area contributed by atoms with Crippen LogP contribution in [-0.2, 0) is 4.79 Å². The fourth-order valence-electron chi connectivity index (χ4n) is 2.71. The Bertz CT molecular complexity index is 997. The van der Waals surface area contributed by atoms with Gasteiger partial charge in [0, 0.05) is 17.0 Å². The number of hydrogen-bond donors (Lipinski definition) is 1. The lowest BCUT2D eigenvalue weighted by Gasteiger charge is -2.14. The van der Waals surface area contributed by atoms with Gasteiger partial charge >= 0.3 is 12.0 Å². The molecular weight excluding hydrogens is 347 g/mol. The van der Waals surface area contributed by atoms with Crippen molar-refractivity contribution in [2.45, 2.75) is 13.8 Å². The van der Waals surface area contributed by atoms with Gasteiger partial charge in [0.1, 0.15) is 5.82 Å². The van der Waals surface area contributed by atoms with Gasteiger partial charge in [-0.15, -0.1) is 0 Å². The number of hydrogen-bond acceptors (Lipinski definition) is 4. The second-order valence-electron chi connectivity index (χ2n) is 5.92. The third-order valence-corrected chi connectivity index (χ3v) is 3.75. The van der Waals surface area contributed by atoms with Crippen molar-refractivity contribution in [1.82, 2.24) is 9.97 Å². The molecule has 136 valence electrons. The van der Waals surface area contributed by atoms with Crippen molar-refractivity contribution in [2.75, 3.05) is 0 Å². The maximum absolute atomic E-state index is 13.8. The number of carboxylic acids is 1. The number of aryl methyl sites for hydroxylation is 2. The van der Waals surface area contributed by atoms with Gasteiger partial charge in [-0.2, -0.15) is 0 Å². The molecule has 0 amide bonds. The molecular formula is C21H17FN2O3. The van der Waals surface area contributed by atoms with E-state index in [2.05, 4.69) is 9.97 Å². The highest BCUT2D eigenvalue weighted by molar-refractivity contribution is 5.99. The van der Waals surface area contributed by atoms with E-state index in [9.17, 15) is 14.3 Å². The molecule has 0 radical (unpaired) electrons. The number of carboxylic acid groups (broad SMARTS) is 1. The van der Waals surface area contributed by atoms with Crippen LogP contribution in [0.3, 0.4) is 0 Å². The van der Waals surface area contributed by atoms with Crippen LogP contribution in [0.15, 0.2) is 66.4 Å². The predicted octanol–water partition coefficient (Wildman–Crippen LogP) is 4.16. The molecule has 0 bridgehead atoms. The minimum atomic E-state index is -1.30. The second-order valence-corrected chi connectivity index (χ2v) is 5.92. The first-order chi connectivity index (χ1) is 12.9. The van der Waals surface area contributed by atoms with E-state index in [0.29, 0.717) is 22.5 Å². The van der Waals surface area contributed by atoms with E-state index >= 15 is 0 Å². The molecule has 3 aromatic rings. The lowest BCUT2D eigenvalue weighted by Crippen LogP contribution is -2.14. The van der Waals surface area contributed by atoms with Crippen LogP contribution < -0.4 is 4.74 Å². The summed E-state index contributed by atoms with van der Waals surface area (Å²) in [4.78, 5) is 20.3. The van der Waals surface area contributed by atoms with Gasteiger partial charge in [-0.1, -0.05) is 42.5 Å². The molecule has 3 rings (SSSR count). The molecule has 0 spiro atoms. The van der Waals surface area contributed by atoms with Crippen LogP contribution in [0, 0.1) is 19.7 Å². The van der Waals surface area contributed by atoms with E-state index in [0.717, 1.165) is 0 Å². The second kappa shape index (κ2) is 7.78. The molecule has 0 aliphatic carbocycles. The Morgan fingerprint density at radius 3 is 2.15 bits per heavy atom. The van der Waals surface area contributed by atoms with Crippen LogP contribution in [0.25, 0.3) is 5.57 Å². The van der Waals surface area contributed by atoms with Gasteiger partial charge in [-0.3, -0.25) is 0 Å². The van der Waals surface area contributed by atoms with Crippen molar-refractivity contribution in [3.63, 3.8) is 0 Å². The zero-order valence-electron chi connectivity index (χ0n) is 14.8.